The molecule has 0 bridgehead atoms. The summed E-state index contributed by atoms with van der Waals surface area (Å²) >= 11 is 1.85. The first-order valence-corrected chi connectivity index (χ1v) is 14.9. The number of aldehydes is 1. The van der Waals surface area contributed by atoms with E-state index in [2.05, 4.69) is 28.1 Å². The summed E-state index contributed by atoms with van der Waals surface area (Å²) < 4.78 is 0. The average molecular weight is 518 g/mol. The zero-order valence-electron chi connectivity index (χ0n) is 22.5. The van der Waals surface area contributed by atoms with E-state index in [0.717, 1.165) is 23.2 Å². The molecule has 1 unspecified atom stereocenters. The van der Waals surface area contributed by atoms with Crippen molar-refractivity contribution in [3.63, 3.8) is 0 Å². The van der Waals surface area contributed by atoms with Gasteiger partial charge in [0.15, 0.2) is 0 Å². The normalized spacial score (nSPS) is 15.8. The first-order valence-electron chi connectivity index (χ1n) is 13.9. The average Bonchev–Trinajstić information content (AvgIpc) is 2.85. The number of benzene rings is 1. The van der Waals surface area contributed by atoms with Crippen molar-refractivity contribution in [3.05, 3.63) is 29.3 Å². The van der Waals surface area contributed by atoms with Crippen LogP contribution in [0.25, 0.3) is 0 Å². The number of nitrogens with one attached hydrogen (secondary N) is 1. The number of amides is 2. The van der Waals surface area contributed by atoms with Crippen LogP contribution in [0.4, 0.5) is 0 Å². The van der Waals surface area contributed by atoms with Crippen LogP contribution < -0.4 is 5.32 Å². The molecular weight excluding hydrogens is 470 g/mol. The maximum absolute atomic E-state index is 11.7. The number of likely N-dealkylation sites (tertiary alicyclic amines) is 1. The second-order valence-corrected chi connectivity index (χ2v) is 11.3. The minimum absolute atomic E-state index is 0.152. The summed E-state index contributed by atoms with van der Waals surface area (Å²) in [6.45, 7) is 6.58. The predicted octanol–water partition coefficient (Wildman–Crippen LogP) is 5.68. The van der Waals surface area contributed by atoms with Crippen molar-refractivity contribution < 1.29 is 14.4 Å². The van der Waals surface area contributed by atoms with Crippen molar-refractivity contribution in [2.24, 2.45) is 0 Å². The number of carbonyl (C=O) groups is 3. The van der Waals surface area contributed by atoms with E-state index in [-0.39, 0.29) is 11.9 Å². The van der Waals surface area contributed by atoms with Crippen molar-refractivity contribution in [1.29, 1.82) is 0 Å². The zero-order chi connectivity index (χ0) is 26.0. The molecule has 1 fully saturated rings. The third-order valence-corrected chi connectivity index (χ3v) is 8.48. The van der Waals surface area contributed by atoms with Crippen LogP contribution in [0.15, 0.2) is 23.1 Å². The van der Waals surface area contributed by atoms with Gasteiger partial charge in [0.2, 0.25) is 12.3 Å². The van der Waals surface area contributed by atoms with Gasteiger partial charge in [0, 0.05) is 29.5 Å². The molecule has 1 heterocycles. The van der Waals surface area contributed by atoms with E-state index in [9.17, 15) is 14.4 Å². The number of rotatable bonds is 17. The fourth-order valence-corrected chi connectivity index (χ4v) is 5.89. The Bertz CT molecular complexity index is 781. The summed E-state index contributed by atoms with van der Waals surface area (Å²) in [4.78, 5) is 39.8. The number of carbonyl (C=O) groups excluding carboxylic acids is 3. The smallest absolute Gasteiger partial charge is 0.226 e. The Morgan fingerprint density at radius 1 is 1.06 bits per heavy atom. The van der Waals surface area contributed by atoms with E-state index in [1.807, 2.05) is 30.9 Å². The van der Waals surface area contributed by atoms with Gasteiger partial charge in [0.1, 0.15) is 6.29 Å². The Morgan fingerprint density at radius 2 is 1.75 bits per heavy atom. The van der Waals surface area contributed by atoms with E-state index >= 15 is 0 Å². The second-order valence-electron chi connectivity index (χ2n) is 10.2. The van der Waals surface area contributed by atoms with E-state index in [0.29, 0.717) is 25.8 Å². The van der Waals surface area contributed by atoms with Crippen molar-refractivity contribution in [3.8, 4) is 0 Å². The van der Waals surface area contributed by atoms with Crippen LogP contribution >= 0.6 is 11.8 Å². The number of thioether (sulfide) groups is 1. The molecule has 1 aromatic rings. The lowest BCUT2D eigenvalue weighted by Crippen LogP contribution is -2.31. The zero-order valence-corrected chi connectivity index (χ0v) is 23.3. The molecule has 0 aromatic heterocycles. The quantitative estimate of drug-likeness (QED) is 0.163. The molecule has 0 spiro atoms. The van der Waals surface area contributed by atoms with Gasteiger partial charge < -0.3 is 4.90 Å². The van der Waals surface area contributed by atoms with E-state index in [1.165, 1.54) is 88.7 Å². The van der Waals surface area contributed by atoms with Crippen LogP contribution in [0, 0.1) is 0 Å². The fourth-order valence-electron chi connectivity index (χ4n) is 4.79. The molecule has 7 heteroatoms. The first kappa shape index (κ1) is 30.5. The molecule has 1 N–H and O–H groups in total. The molecule has 0 aliphatic carbocycles. The molecule has 1 aliphatic rings. The molecule has 0 radical (unpaired) electrons. The maximum Gasteiger partial charge on any atom is 0.226 e. The summed E-state index contributed by atoms with van der Waals surface area (Å²) in [5.74, 6) is 0.805. The van der Waals surface area contributed by atoms with Gasteiger partial charge in [0.25, 0.3) is 0 Å². The number of nitrogens with zero attached hydrogens (tertiary/aromatic N) is 2. The topological polar surface area (TPSA) is 69.7 Å². The minimum Gasteiger partial charge on any atom is -0.303 e. The van der Waals surface area contributed by atoms with Crippen LogP contribution in [-0.4, -0.2) is 66.9 Å². The number of hydrogen-bond acceptors (Lipinski definition) is 6. The van der Waals surface area contributed by atoms with Crippen LogP contribution in [-0.2, 0) is 16.1 Å². The molecule has 36 heavy (non-hydrogen) atoms. The van der Waals surface area contributed by atoms with Gasteiger partial charge >= 0.3 is 0 Å². The van der Waals surface area contributed by atoms with Gasteiger partial charge in [-0.15, -0.1) is 11.8 Å². The molecule has 0 saturated carbocycles. The highest BCUT2D eigenvalue weighted by atomic mass is 32.2. The van der Waals surface area contributed by atoms with Crippen LogP contribution in [0.2, 0.25) is 0 Å². The van der Waals surface area contributed by atoms with Crippen LogP contribution in [0.3, 0.4) is 0 Å². The molecule has 6 nitrogen and oxygen atoms in total. The van der Waals surface area contributed by atoms with Gasteiger partial charge in [-0.3, -0.25) is 24.6 Å². The summed E-state index contributed by atoms with van der Waals surface area (Å²) in [5, 5.41) is 2.19. The largest absolute Gasteiger partial charge is 0.303 e. The lowest BCUT2D eigenvalue weighted by atomic mass is 10.1. The third-order valence-electron chi connectivity index (χ3n) is 7.29. The molecule has 1 atom stereocenters. The summed E-state index contributed by atoms with van der Waals surface area (Å²) in [6, 6.07) is 6.12. The van der Waals surface area contributed by atoms with Crippen LogP contribution in [0.1, 0.15) is 99.9 Å². The molecule has 1 saturated heterocycles. The highest BCUT2D eigenvalue weighted by Crippen LogP contribution is 2.28. The lowest BCUT2D eigenvalue weighted by Gasteiger charge is -2.26. The van der Waals surface area contributed by atoms with Crippen molar-refractivity contribution >= 4 is 30.4 Å². The molecule has 1 aliphatic heterocycles. The third kappa shape index (κ3) is 12.0. The minimum atomic E-state index is -0.257. The van der Waals surface area contributed by atoms with Crippen molar-refractivity contribution in [1.82, 2.24) is 15.1 Å². The molecule has 202 valence electrons. The predicted molar refractivity (Wildman–Crippen MR) is 150 cm³/mol. The van der Waals surface area contributed by atoms with E-state index in [4.69, 9.17) is 0 Å². The lowest BCUT2D eigenvalue weighted by molar-refractivity contribution is -0.125. The number of hydrogen-bond donors (Lipinski definition) is 1. The van der Waals surface area contributed by atoms with E-state index < -0.39 is 0 Å². The Morgan fingerprint density at radius 3 is 2.47 bits per heavy atom. The molecule has 2 rings (SSSR count). The molecular formula is C29H47N3O3S. The second kappa shape index (κ2) is 18.5. The van der Waals surface area contributed by atoms with Gasteiger partial charge in [-0.1, -0.05) is 50.7 Å². The molecule has 2 amide bonds. The van der Waals surface area contributed by atoms with Gasteiger partial charge in [-0.25, -0.2) is 0 Å². The number of imide groups is 1. The van der Waals surface area contributed by atoms with Crippen LogP contribution in [0.5, 0.6) is 0 Å². The maximum atomic E-state index is 11.7. The SMILES string of the molecule is CC(CCC(=O)NC=O)N(C)Cc1c(C=O)cccc1SCCCCCCCN1CCCCCCC1. The summed E-state index contributed by atoms with van der Waals surface area (Å²) in [6.07, 6.45) is 15.7. The Kier molecular flexibility index (Phi) is 15.7. The Balaban J connectivity index is 1.71. The van der Waals surface area contributed by atoms with Crippen molar-refractivity contribution in [2.45, 2.75) is 101 Å². The van der Waals surface area contributed by atoms with Gasteiger partial charge in [-0.05, 0) is 83.1 Å². The standard InChI is InChI=1S/C29H47N3O3S/c1-25(16-17-29(35)30-24-34)31(2)22-27-26(23-33)14-13-15-28(27)36-21-12-8-4-7-11-20-32-18-9-5-3-6-10-19-32/h13-15,23-25H,3-12,16-22H2,1-2H3,(H,30,34,35). The van der Waals surface area contributed by atoms with Crippen molar-refractivity contribution in [2.75, 3.05) is 32.4 Å². The van der Waals surface area contributed by atoms with E-state index in [1.54, 1.807) is 0 Å². The highest BCUT2D eigenvalue weighted by Gasteiger charge is 2.16. The molecule has 1 aromatic carbocycles. The monoisotopic (exact) mass is 517 g/mol. The Labute approximate surface area is 222 Å². The van der Waals surface area contributed by atoms with Gasteiger partial charge in [-0.2, -0.15) is 0 Å². The Hall–Kier alpha value is -1.70. The van der Waals surface area contributed by atoms with Gasteiger partial charge in [0.05, 0.1) is 0 Å². The highest BCUT2D eigenvalue weighted by molar-refractivity contribution is 7.99. The first-order chi connectivity index (χ1) is 17.5. The number of unbranched alkanes of at least 4 members (excludes halogenated alkanes) is 4. The fraction of sp³-hybridized carbons (Fsp3) is 0.690. The summed E-state index contributed by atoms with van der Waals surface area (Å²) in [7, 11) is 2.02. The summed E-state index contributed by atoms with van der Waals surface area (Å²) in [5.41, 5.74) is 1.81.